The van der Waals surface area contributed by atoms with E-state index in [1.165, 1.54) is 13.1 Å². The lowest BCUT2D eigenvalue weighted by atomic mass is 10.0. The monoisotopic (exact) mass is 1460 g/mol. The van der Waals surface area contributed by atoms with E-state index in [9.17, 15) is 117 Å². The number of aliphatic hydroxyl groups excluding tert-OH is 4. The maximum atomic E-state index is 14.5. The van der Waals surface area contributed by atoms with E-state index in [4.69, 9.17) is 10.8 Å². The van der Waals surface area contributed by atoms with Gasteiger partial charge in [-0.15, -0.1) is 0 Å². The molecule has 2 heterocycles. The topological polar surface area (TPSA) is 650 Å². The lowest BCUT2D eigenvalue weighted by Gasteiger charge is -2.28. The van der Waals surface area contributed by atoms with Crippen LogP contribution in [0.1, 0.15) is 118 Å². The van der Waals surface area contributed by atoms with Crippen LogP contribution < -0.4 is 74.9 Å². The first-order chi connectivity index (χ1) is 48.3. The first-order valence-corrected chi connectivity index (χ1v) is 33.0. The Balaban J connectivity index is 1.92. The molecule has 13 amide bonds. The number of rotatable bonds is 45. The van der Waals surface area contributed by atoms with Gasteiger partial charge in [-0.3, -0.25) is 76.7 Å². The van der Waals surface area contributed by atoms with E-state index >= 15 is 0 Å². The first-order valence-electron chi connectivity index (χ1n) is 33.0. The Morgan fingerprint density at radius 1 is 0.476 bits per heavy atom. The SMILES string of the molecule is CC(C)C[C@H](NC(=O)[C@H](CCC(=O)O)NC(=O)[C@H](CO)NC(=O)[C@H](Cc1c[nH]c2ccccc12)NC(=O)[C@H](CCC(N)=O)NC(=O)[C@H](CC(=O)O)NC(=O)[C@@H](NC(=O)[C@H](CO)NC(=O)[C@H](C)NC(=O)[C@@H](NC(=O)[C@@H]1CCCN1)C(C)C)[C@@H](C)O)C(=O)N[C@H](C(=O)N[C@@H](CCC(=O)O)C(=O)O)[C@@H](C)O. The Bertz CT molecular complexity index is 3370. The van der Waals surface area contributed by atoms with Gasteiger partial charge in [-0.1, -0.05) is 45.9 Å². The van der Waals surface area contributed by atoms with E-state index < -0.39 is 268 Å². The summed E-state index contributed by atoms with van der Waals surface area (Å²) in [5, 5.41) is 111. The second-order valence-corrected chi connectivity index (χ2v) is 25.4. The number of hydrogen-bond acceptors (Lipinski definition) is 22. The number of carboxylic acid groups (broad SMARTS) is 4. The molecule has 40 nitrogen and oxygen atoms in total. The van der Waals surface area contributed by atoms with Crippen LogP contribution in [-0.2, 0) is 87.9 Å². The van der Waals surface area contributed by atoms with E-state index in [2.05, 4.69) is 63.5 Å². The molecule has 0 spiro atoms. The average molecular weight is 1460 g/mol. The molecule has 1 aromatic heterocycles. The molecule has 2 aromatic rings. The number of carbonyl (C=O) groups is 17. The second kappa shape index (κ2) is 42.1. The van der Waals surface area contributed by atoms with Crippen molar-refractivity contribution < 1.29 is 122 Å². The average Bonchev–Trinajstić information content (AvgIpc) is 1.73. The molecule has 1 fully saturated rings. The lowest BCUT2D eigenvalue weighted by Crippen LogP contribution is -2.63. The van der Waals surface area contributed by atoms with Gasteiger partial charge in [0.25, 0.3) is 0 Å². The van der Waals surface area contributed by atoms with Crippen LogP contribution in [0.3, 0.4) is 0 Å². The van der Waals surface area contributed by atoms with Crippen molar-refractivity contribution >= 4 is 112 Å². The van der Waals surface area contributed by atoms with Gasteiger partial charge in [0, 0.05) is 42.8 Å². The zero-order chi connectivity index (χ0) is 77.7. The highest BCUT2D eigenvalue weighted by molar-refractivity contribution is 6.01. The van der Waals surface area contributed by atoms with Crippen molar-refractivity contribution in [3.05, 3.63) is 36.0 Å². The number of carboxylic acids is 4. The number of benzene rings is 1. The lowest BCUT2D eigenvalue weighted by molar-refractivity contribution is -0.144. The van der Waals surface area contributed by atoms with Crippen LogP contribution in [-0.4, -0.2) is 257 Å². The number of aromatic nitrogens is 1. The molecule has 1 aliphatic heterocycles. The van der Waals surface area contributed by atoms with Gasteiger partial charge in [0.15, 0.2) is 0 Å². The van der Waals surface area contributed by atoms with Crippen molar-refractivity contribution in [2.24, 2.45) is 17.6 Å². The number of fused-ring (bicyclic) bond motifs is 1. The minimum Gasteiger partial charge on any atom is -0.481 e. The molecule has 3 rings (SSSR count). The van der Waals surface area contributed by atoms with Crippen molar-refractivity contribution in [2.75, 3.05) is 19.8 Å². The van der Waals surface area contributed by atoms with Gasteiger partial charge in [0.1, 0.15) is 72.5 Å². The Kier molecular flexibility index (Phi) is 35.5. The van der Waals surface area contributed by atoms with Gasteiger partial charge in [-0.25, -0.2) is 4.79 Å². The van der Waals surface area contributed by atoms with Gasteiger partial charge in [0.2, 0.25) is 76.8 Å². The van der Waals surface area contributed by atoms with Gasteiger partial charge < -0.3 is 121 Å². The second-order valence-electron chi connectivity index (χ2n) is 25.4. The molecule has 0 aliphatic carbocycles. The number of para-hydroxylation sites is 1. The van der Waals surface area contributed by atoms with E-state index in [1.807, 2.05) is 10.6 Å². The number of nitrogens with two attached hydrogens (primary N) is 1. The van der Waals surface area contributed by atoms with Crippen LogP contribution in [0.15, 0.2) is 30.5 Å². The summed E-state index contributed by atoms with van der Waals surface area (Å²) in [4.78, 5) is 227. The van der Waals surface area contributed by atoms with Gasteiger partial charge in [-0.2, -0.15) is 0 Å². The summed E-state index contributed by atoms with van der Waals surface area (Å²) in [7, 11) is 0. The number of H-pyrrole nitrogens is 1. The summed E-state index contributed by atoms with van der Waals surface area (Å²) in [6.45, 7) is 7.92. The molecule has 0 unspecified atom stereocenters. The third kappa shape index (κ3) is 28.8. The number of carbonyl (C=O) groups excluding carboxylic acids is 13. The zero-order valence-electron chi connectivity index (χ0n) is 57.7. The van der Waals surface area contributed by atoms with E-state index in [0.29, 0.717) is 29.4 Å². The molecule has 572 valence electrons. The Hall–Kier alpha value is -10.4. The largest absolute Gasteiger partial charge is 0.481 e. The summed E-state index contributed by atoms with van der Waals surface area (Å²) < 4.78 is 0. The van der Waals surface area contributed by atoms with Crippen molar-refractivity contribution in [3.63, 3.8) is 0 Å². The van der Waals surface area contributed by atoms with Crippen molar-refractivity contribution in [1.29, 1.82) is 0 Å². The number of primary amides is 1. The van der Waals surface area contributed by atoms with Crippen LogP contribution in [0.25, 0.3) is 10.9 Å². The number of amides is 13. The van der Waals surface area contributed by atoms with E-state index in [-0.39, 0.29) is 6.42 Å². The fraction of sp³-hybridized carbons (Fsp3) is 0.603. The van der Waals surface area contributed by atoms with Crippen LogP contribution in [0.4, 0.5) is 0 Å². The van der Waals surface area contributed by atoms with E-state index in [1.54, 1.807) is 52.0 Å². The van der Waals surface area contributed by atoms with Crippen molar-refractivity contribution in [3.8, 4) is 0 Å². The molecule has 40 heteroatoms. The predicted octanol–water partition coefficient (Wildman–Crippen LogP) is -7.70. The van der Waals surface area contributed by atoms with Gasteiger partial charge >= 0.3 is 23.9 Å². The summed E-state index contributed by atoms with van der Waals surface area (Å²) in [5.74, 6) is -22.4. The van der Waals surface area contributed by atoms with Crippen molar-refractivity contribution in [1.82, 2.24) is 74.1 Å². The summed E-state index contributed by atoms with van der Waals surface area (Å²) >= 11 is 0. The zero-order valence-corrected chi connectivity index (χ0v) is 57.7. The van der Waals surface area contributed by atoms with Crippen LogP contribution in [0, 0.1) is 11.8 Å². The Morgan fingerprint density at radius 2 is 0.903 bits per heavy atom. The number of aliphatic carboxylic acids is 4. The third-order valence-corrected chi connectivity index (χ3v) is 16.1. The predicted molar refractivity (Wildman–Crippen MR) is 356 cm³/mol. The molecule has 1 saturated heterocycles. The maximum absolute atomic E-state index is 14.5. The van der Waals surface area contributed by atoms with Crippen LogP contribution in [0.2, 0.25) is 0 Å². The number of aromatic amines is 1. The Labute approximate surface area is 589 Å². The fourth-order valence-electron chi connectivity index (χ4n) is 10.4. The number of aliphatic hydroxyl groups is 4. The molecule has 1 aliphatic rings. The normalized spacial score (nSPS) is 16.8. The fourth-order valence-corrected chi connectivity index (χ4v) is 10.4. The summed E-state index contributed by atoms with van der Waals surface area (Å²) in [6, 6.07) is -15.8. The first kappa shape index (κ1) is 86.8. The molecular weight excluding hydrogens is 1370 g/mol. The van der Waals surface area contributed by atoms with E-state index in [0.717, 1.165) is 20.3 Å². The standard InChI is InChI=1S/C63H95N15O25/c1-27(2)21-39(57(96)77-49(30(6)81)61(100)70-38(63(102)103)16-19-46(86)87)71-54(93)37(15-18-45(84)85)69-58(97)42(25-79)75-55(94)40(22-32-24-66-34-12-9-8-11-33(32)34)72-53(92)36(14-17-44(64)83)68-56(95)41(23-47(88)89)73-62(101)50(31(7)82)78-59(98)43(26-80)74-51(90)29(5)67-60(99)48(28(3)4)76-52(91)35-13-10-20-65-35/h8-9,11-12,24,27-31,35-43,48-50,65-66,79-82H,10,13-23,25-26H2,1-7H3,(H2,64,83)(H,67,99)(H,68,95)(H,69,97)(H,70,100)(H,71,93)(H,72,92)(H,73,101)(H,74,90)(H,75,94)(H,76,91)(H,77,96)(H,78,98)(H,84,85)(H,86,87)(H,88,89)(H,102,103)/t29-,30+,31+,35-,36-,37-,38-,39-,40-,41-,42-,43-,48-,49-,50-/m0/s1. The van der Waals surface area contributed by atoms with Gasteiger partial charge in [0.05, 0.1) is 37.9 Å². The smallest absolute Gasteiger partial charge is 0.326 e. The van der Waals surface area contributed by atoms with Gasteiger partial charge in [-0.05, 0) is 89.3 Å². The summed E-state index contributed by atoms with van der Waals surface area (Å²) in [6.07, 6.45) is -7.10. The molecule has 0 radical (unpaired) electrons. The molecule has 0 bridgehead atoms. The molecule has 24 N–H and O–H groups in total. The molecule has 103 heavy (non-hydrogen) atoms. The highest BCUT2D eigenvalue weighted by atomic mass is 16.4. The molecule has 15 atom stereocenters. The highest BCUT2D eigenvalue weighted by Crippen LogP contribution is 2.20. The van der Waals surface area contributed by atoms with Crippen LogP contribution >= 0.6 is 0 Å². The molecule has 0 saturated carbocycles. The highest BCUT2D eigenvalue weighted by Gasteiger charge is 2.40. The van der Waals surface area contributed by atoms with Crippen LogP contribution in [0.5, 0.6) is 0 Å². The molecular formula is C63H95N15O25. The van der Waals surface area contributed by atoms with Crippen molar-refractivity contribution in [2.45, 2.75) is 210 Å². The maximum Gasteiger partial charge on any atom is 0.326 e. The Morgan fingerprint density at radius 3 is 1.38 bits per heavy atom. The number of hydrogen-bond donors (Lipinski definition) is 23. The molecule has 1 aromatic carbocycles. The quantitative estimate of drug-likeness (QED) is 0.0293. The third-order valence-electron chi connectivity index (χ3n) is 16.1. The summed E-state index contributed by atoms with van der Waals surface area (Å²) in [5.41, 5.74) is 6.25. The minimum absolute atomic E-state index is 0.230. The number of nitrogens with one attached hydrogen (secondary N) is 14. The minimum atomic E-state index is -2.20.